The van der Waals surface area contributed by atoms with Crippen molar-refractivity contribution in [2.24, 2.45) is 0 Å². The van der Waals surface area contributed by atoms with Crippen LogP contribution in [-0.4, -0.2) is 28.7 Å². The van der Waals surface area contributed by atoms with E-state index in [-0.39, 0.29) is 0 Å². The standard InChI is InChI=1S/C17H20N2O2/c1-2-16-15(17(20)21)9-12-19(16)14-7-5-13(6-8-14)18-10-3-4-11-18/h5-9,12H,2-4,10-11H2,1H3,(H,20,21). The Hall–Kier alpha value is -2.23. The quantitative estimate of drug-likeness (QED) is 0.936. The van der Waals surface area contributed by atoms with Crippen molar-refractivity contribution in [1.82, 2.24) is 4.57 Å². The molecule has 2 heterocycles. The first-order chi connectivity index (χ1) is 10.2. The molecular weight excluding hydrogens is 264 g/mol. The van der Waals surface area contributed by atoms with Crippen molar-refractivity contribution in [1.29, 1.82) is 0 Å². The van der Waals surface area contributed by atoms with E-state index in [2.05, 4.69) is 29.2 Å². The molecule has 1 saturated heterocycles. The minimum Gasteiger partial charge on any atom is -0.478 e. The fraction of sp³-hybridized carbons (Fsp3) is 0.353. The molecule has 0 bridgehead atoms. The maximum Gasteiger partial charge on any atom is 0.337 e. The molecule has 1 N–H and O–H groups in total. The second-order valence-corrected chi connectivity index (χ2v) is 5.42. The summed E-state index contributed by atoms with van der Waals surface area (Å²) >= 11 is 0. The van der Waals surface area contributed by atoms with Gasteiger partial charge in [0.1, 0.15) is 0 Å². The van der Waals surface area contributed by atoms with Gasteiger partial charge in [0.2, 0.25) is 0 Å². The van der Waals surface area contributed by atoms with Crippen molar-refractivity contribution in [3.63, 3.8) is 0 Å². The van der Waals surface area contributed by atoms with Gasteiger partial charge >= 0.3 is 5.97 Å². The minimum absolute atomic E-state index is 0.390. The molecule has 3 rings (SSSR count). The summed E-state index contributed by atoms with van der Waals surface area (Å²) in [5, 5.41) is 9.22. The molecule has 1 aliphatic heterocycles. The highest BCUT2D eigenvalue weighted by molar-refractivity contribution is 5.89. The number of carbonyl (C=O) groups is 1. The van der Waals surface area contributed by atoms with Gasteiger partial charge in [-0.15, -0.1) is 0 Å². The number of rotatable bonds is 4. The Labute approximate surface area is 124 Å². The van der Waals surface area contributed by atoms with E-state index in [4.69, 9.17) is 0 Å². The third-order valence-electron chi connectivity index (χ3n) is 4.16. The topological polar surface area (TPSA) is 45.5 Å². The SMILES string of the molecule is CCc1c(C(=O)O)ccn1-c1ccc(N2CCCC2)cc1. The lowest BCUT2D eigenvalue weighted by Gasteiger charge is -2.18. The van der Waals surface area contributed by atoms with E-state index in [1.54, 1.807) is 6.07 Å². The van der Waals surface area contributed by atoms with Crippen molar-refractivity contribution >= 4 is 11.7 Å². The van der Waals surface area contributed by atoms with Gasteiger partial charge in [0.15, 0.2) is 0 Å². The lowest BCUT2D eigenvalue weighted by molar-refractivity contribution is 0.0696. The first-order valence-electron chi connectivity index (χ1n) is 7.49. The van der Waals surface area contributed by atoms with E-state index in [0.29, 0.717) is 12.0 Å². The van der Waals surface area contributed by atoms with Crippen LogP contribution in [0.25, 0.3) is 5.69 Å². The molecule has 0 radical (unpaired) electrons. The zero-order valence-corrected chi connectivity index (χ0v) is 12.2. The lowest BCUT2D eigenvalue weighted by Crippen LogP contribution is -2.17. The van der Waals surface area contributed by atoms with Crippen molar-refractivity contribution < 1.29 is 9.90 Å². The summed E-state index contributed by atoms with van der Waals surface area (Å²) in [5.41, 5.74) is 3.50. The Kier molecular flexibility index (Phi) is 3.69. The van der Waals surface area contributed by atoms with Gasteiger partial charge in [0, 0.05) is 36.4 Å². The van der Waals surface area contributed by atoms with Crippen molar-refractivity contribution in [2.45, 2.75) is 26.2 Å². The Morgan fingerprint density at radius 2 is 1.71 bits per heavy atom. The molecule has 4 nitrogen and oxygen atoms in total. The summed E-state index contributed by atoms with van der Waals surface area (Å²) < 4.78 is 1.97. The van der Waals surface area contributed by atoms with Crippen LogP contribution in [0.1, 0.15) is 35.8 Å². The van der Waals surface area contributed by atoms with E-state index < -0.39 is 5.97 Å². The third kappa shape index (κ3) is 2.53. The number of hydrogen-bond donors (Lipinski definition) is 1. The molecule has 0 aliphatic carbocycles. The van der Waals surface area contributed by atoms with Crippen LogP contribution in [0.3, 0.4) is 0 Å². The van der Waals surface area contributed by atoms with Crippen LogP contribution >= 0.6 is 0 Å². The molecular formula is C17H20N2O2. The summed E-state index contributed by atoms with van der Waals surface area (Å²) in [7, 11) is 0. The van der Waals surface area contributed by atoms with Gasteiger partial charge in [-0.05, 0) is 49.6 Å². The predicted octanol–water partition coefficient (Wildman–Crippen LogP) is 3.34. The monoisotopic (exact) mass is 284 g/mol. The van der Waals surface area contributed by atoms with Crippen LogP contribution in [0, 0.1) is 0 Å². The lowest BCUT2D eigenvalue weighted by atomic mass is 10.2. The molecule has 2 aromatic rings. The first kappa shape index (κ1) is 13.7. The van der Waals surface area contributed by atoms with Crippen LogP contribution in [0.5, 0.6) is 0 Å². The Balaban J connectivity index is 1.92. The predicted molar refractivity (Wildman–Crippen MR) is 83.6 cm³/mol. The molecule has 21 heavy (non-hydrogen) atoms. The number of hydrogen-bond acceptors (Lipinski definition) is 2. The summed E-state index contributed by atoms with van der Waals surface area (Å²) in [6.07, 6.45) is 5.07. The van der Waals surface area contributed by atoms with Crippen LogP contribution in [-0.2, 0) is 6.42 Å². The van der Waals surface area contributed by atoms with E-state index in [1.165, 1.54) is 18.5 Å². The van der Waals surface area contributed by atoms with Crippen molar-refractivity contribution in [3.8, 4) is 5.69 Å². The molecule has 1 aromatic carbocycles. The highest BCUT2D eigenvalue weighted by Crippen LogP contribution is 2.24. The van der Waals surface area contributed by atoms with Crippen LogP contribution in [0.2, 0.25) is 0 Å². The number of carboxylic acid groups (broad SMARTS) is 1. The van der Waals surface area contributed by atoms with Crippen LogP contribution < -0.4 is 4.90 Å². The number of aromatic carboxylic acids is 1. The maximum absolute atomic E-state index is 11.2. The van der Waals surface area contributed by atoms with Gasteiger partial charge in [-0.25, -0.2) is 4.79 Å². The van der Waals surface area contributed by atoms with Crippen molar-refractivity contribution in [3.05, 3.63) is 47.8 Å². The summed E-state index contributed by atoms with van der Waals surface area (Å²) in [5.74, 6) is -0.862. The second-order valence-electron chi connectivity index (χ2n) is 5.42. The average molecular weight is 284 g/mol. The molecule has 0 spiro atoms. The second kappa shape index (κ2) is 5.64. The number of benzene rings is 1. The number of anilines is 1. The number of carboxylic acids is 1. The summed E-state index contributed by atoms with van der Waals surface area (Å²) in [6.45, 7) is 4.25. The highest BCUT2D eigenvalue weighted by Gasteiger charge is 2.15. The molecule has 110 valence electrons. The largest absolute Gasteiger partial charge is 0.478 e. The third-order valence-corrected chi connectivity index (χ3v) is 4.16. The van der Waals surface area contributed by atoms with Gasteiger partial charge in [-0.3, -0.25) is 0 Å². The van der Waals surface area contributed by atoms with Gasteiger partial charge in [0.25, 0.3) is 0 Å². The molecule has 4 heteroatoms. The number of aromatic nitrogens is 1. The molecule has 0 unspecified atom stereocenters. The van der Waals surface area contributed by atoms with Gasteiger partial charge in [0.05, 0.1) is 5.56 Å². The zero-order valence-electron chi connectivity index (χ0n) is 12.2. The van der Waals surface area contributed by atoms with E-state index in [0.717, 1.165) is 24.5 Å². The molecule has 0 atom stereocenters. The van der Waals surface area contributed by atoms with Gasteiger partial charge < -0.3 is 14.6 Å². The van der Waals surface area contributed by atoms with Gasteiger partial charge in [-0.2, -0.15) is 0 Å². The van der Waals surface area contributed by atoms with E-state index in [1.807, 2.05) is 17.7 Å². The maximum atomic E-state index is 11.2. The van der Waals surface area contributed by atoms with Crippen LogP contribution in [0.4, 0.5) is 5.69 Å². The Morgan fingerprint density at radius 3 is 2.29 bits per heavy atom. The molecule has 1 aromatic heterocycles. The van der Waals surface area contributed by atoms with Gasteiger partial charge in [-0.1, -0.05) is 6.92 Å². The normalized spacial score (nSPS) is 14.6. The minimum atomic E-state index is -0.862. The van der Waals surface area contributed by atoms with E-state index >= 15 is 0 Å². The molecule has 1 aliphatic rings. The zero-order chi connectivity index (χ0) is 14.8. The average Bonchev–Trinajstić information content (AvgIpc) is 3.16. The smallest absolute Gasteiger partial charge is 0.337 e. The van der Waals surface area contributed by atoms with Crippen LogP contribution in [0.15, 0.2) is 36.5 Å². The molecule has 1 fully saturated rings. The molecule has 0 saturated carbocycles. The fourth-order valence-corrected chi connectivity index (χ4v) is 3.06. The summed E-state index contributed by atoms with van der Waals surface area (Å²) in [4.78, 5) is 13.6. The number of nitrogens with zero attached hydrogens (tertiary/aromatic N) is 2. The fourth-order valence-electron chi connectivity index (χ4n) is 3.06. The van der Waals surface area contributed by atoms with Crippen molar-refractivity contribution in [2.75, 3.05) is 18.0 Å². The van der Waals surface area contributed by atoms with E-state index in [9.17, 15) is 9.90 Å². The first-order valence-corrected chi connectivity index (χ1v) is 7.49. The summed E-state index contributed by atoms with van der Waals surface area (Å²) in [6, 6.07) is 10.1. The highest BCUT2D eigenvalue weighted by atomic mass is 16.4. The Bertz CT molecular complexity index is 637. The Morgan fingerprint density at radius 1 is 1.10 bits per heavy atom. The molecule has 0 amide bonds.